The number of hydrogen-bond donors (Lipinski definition) is 2. The Balaban J connectivity index is 1.75. The van der Waals surface area contributed by atoms with Crippen LogP contribution in [-0.2, 0) is 0 Å². The van der Waals surface area contributed by atoms with Gasteiger partial charge in [-0.25, -0.2) is 0 Å². The molecule has 0 bridgehead atoms. The summed E-state index contributed by atoms with van der Waals surface area (Å²) in [6, 6.07) is 0.990. The lowest BCUT2D eigenvalue weighted by molar-refractivity contribution is 0.143. The number of rotatable bonds is 3. The highest BCUT2D eigenvalue weighted by molar-refractivity contribution is 4.89. The summed E-state index contributed by atoms with van der Waals surface area (Å²) in [7, 11) is 0. The Kier molecular flexibility index (Phi) is 3.42. The Labute approximate surface area is 86.5 Å². The smallest absolute Gasteiger partial charge is 0.0693 e. The van der Waals surface area contributed by atoms with Crippen molar-refractivity contribution in [2.24, 2.45) is 0 Å². The first-order chi connectivity index (χ1) is 6.79. The summed E-state index contributed by atoms with van der Waals surface area (Å²) in [5, 5.41) is 13.3. The molecule has 0 radical (unpaired) electrons. The van der Waals surface area contributed by atoms with Gasteiger partial charge in [-0.05, 0) is 38.8 Å². The summed E-state index contributed by atoms with van der Waals surface area (Å²) in [6.07, 6.45) is 4.48. The highest BCUT2D eigenvalue weighted by Gasteiger charge is 2.29. The van der Waals surface area contributed by atoms with Crippen LogP contribution in [0.15, 0.2) is 0 Å². The fraction of sp³-hybridized carbons (Fsp3) is 1.00. The number of hydrogen-bond acceptors (Lipinski definition) is 3. The van der Waals surface area contributed by atoms with E-state index in [-0.39, 0.29) is 6.10 Å². The maximum Gasteiger partial charge on any atom is 0.0693 e. The minimum absolute atomic E-state index is 0.0920. The monoisotopic (exact) mass is 198 g/mol. The van der Waals surface area contributed by atoms with Gasteiger partial charge < -0.3 is 15.3 Å². The summed E-state index contributed by atoms with van der Waals surface area (Å²) in [6.45, 7) is 5.76. The summed E-state index contributed by atoms with van der Waals surface area (Å²) in [4.78, 5) is 2.47. The van der Waals surface area contributed by atoms with E-state index in [4.69, 9.17) is 0 Å². The fourth-order valence-electron chi connectivity index (χ4n) is 2.69. The van der Waals surface area contributed by atoms with Gasteiger partial charge in [0.05, 0.1) is 6.10 Å². The minimum Gasteiger partial charge on any atom is -0.392 e. The molecule has 0 spiro atoms. The van der Waals surface area contributed by atoms with Crippen molar-refractivity contribution in [3.8, 4) is 0 Å². The second-order valence-corrected chi connectivity index (χ2v) is 4.65. The average molecular weight is 198 g/mol. The van der Waals surface area contributed by atoms with E-state index in [2.05, 4.69) is 17.1 Å². The molecule has 3 unspecified atom stereocenters. The molecule has 1 saturated carbocycles. The molecule has 2 aliphatic rings. The van der Waals surface area contributed by atoms with Gasteiger partial charge in [-0.3, -0.25) is 0 Å². The van der Waals surface area contributed by atoms with Gasteiger partial charge in [0.1, 0.15) is 0 Å². The molecule has 3 nitrogen and oxygen atoms in total. The van der Waals surface area contributed by atoms with E-state index in [1.54, 1.807) is 0 Å². The number of likely N-dealkylation sites (N-methyl/N-ethyl adjacent to an activating group) is 1. The number of aliphatic hydroxyl groups is 1. The van der Waals surface area contributed by atoms with Gasteiger partial charge in [-0.1, -0.05) is 6.92 Å². The Morgan fingerprint density at radius 1 is 1.36 bits per heavy atom. The Hall–Kier alpha value is -0.120. The van der Waals surface area contributed by atoms with Gasteiger partial charge in [0.25, 0.3) is 0 Å². The molecule has 0 aromatic rings. The topological polar surface area (TPSA) is 35.5 Å². The minimum atomic E-state index is -0.0920. The lowest BCUT2D eigenvalue weighted by atomic mass is 10.1. The Morgan fingerprint density at radius 2 is 2.21 bits per heavy atom. The highest BCUT2D eigenvalue weighted by atomic mass is 16.3. The van der Waals surface area contributed by atoms with Crippen molar-refractivity contribution in [2.75, 3.05) is 19.6 Å². The molecule has 2 N–H and O–H groups in total. The van der Waals surface area contributed by atoms with Crippen molar-refractivity contribution in [3.63, 3.8) is 0 Å². The van der Waals surface area contributed by atoms with E-state index in [1.807, 2.05) is 0 Å². The van der Waals surface area contributed by atoms with Crippen LogP contribution in [0.2, 0.25) is 0 Å². The van der Waals surface area contributed by atoms with Gasteiger partial charge in [0, 0.05) is 18.6 Å². The van der Waals surface area contributed by atoms with E-state index in [0.29, 0.717) is 12.1 Å². The molecule has 1 aliphatic carbocycles. The first-order valence-electron chi connectivity index (χ1n) is 5.96. The van der Waals surface area contributed by atoms with Crippen molar-refractivity contribution < 1.29 is 5.11 Å². The summed E-state index contributed by atoms with van der Waals surface area (Å²) in [5.74, 6) is 0. The molecule has 3 atom stereocenters. The molecular formula is C11H22N2O. The van der Waals surface area contributed by atoms with Gasteiger partial charge >= 0.3 is 0 Å². The van der Waals surface area contributed by atoms with E-state index in [9.17, 15) is 5.11 Å². The molecule has 2 rings (SSSR count). The van der Waals surface area contributed by atoms with Crippen LogP contribution in [0, 0.1) is 0 Å². The predicted octanol–water partition coefficient (Wildman–Crippen LogP) is 0.584. The van der Waals surface area contributed by atoms with Crippen LogP contribution in [0.5, 0.6) is 0 Å². The van der Waals surface area contributed by atoms with Crippen molar-refractivity contribution in [3.05, 3.63) is 0 Å². The third-order valence-corrected chi connectivity index (χ3v) is 3.65. The van der Waals surface area contributed by atoms with Crippen molar-refractivity contribution in [1.29, 1.82) is 0 Å². The van der Waals surface area contributed by atoms with E-state index < -0.39 is 0 Å². The average Bonchev–Trinajstić information content (AvgIpc) is 2.77. The molecule has 2 fully saturated rings. The molecule has 82 valence electrons. The molecule has 14 heavy (non-hydrogen) atoms. The summed E-state index contributed by atoms with van der Waals surface area (Å²) >= 11 is 0. The van der Waals surface area contributed by atoms with Crippen LogP contribution in [-0.4, -0.2) is 47.8 Å². The number of nitrogens with one attached hydrogen (secondary N) is 1. The van der Waals surface area contributed by atoms with Gasteiger partial charge in [0.15, 0.2) is 0 Å². The maximum absolute atomic E-state index is 9.70. The van der Waals surface area contributed by atoms with Crippen LogP contribution in [0.4, 0.5) is 0 Å². The van der Waals surface area contributed by atoms with Crippen LogP contribution < -0.4 is 5.32 Å². The second kappa shape index (κ2) is 4.60. The molecule has 0 aromatic heterocycles. The quantitative estimate of drug-likeness (QED) is 0.696. The highest BCUT2D eigenvalue weighted by Crippen LogP contribution is 2.20. The van der Waals surface area contributed by atoms with Crippen LogP contribution in [0.25, 0.3) is 0 Å². The van der Waals surface area contributed by atoms with Crippen molar-refractivity contribution in [1.82, 2.24) is 10.2 Å². The normalized spacial score (nSPS) is 39.4. The van der Waals surface area contributed by atoms with Crippen LogP contribution in [0.3, 0.4) is 0 Å². The zero-order chi connectivity index (χ0) is 9.97. The second-order valence-electron chi connectivity index (χ2n) is 4.65. The lowest BCUT2D eigenvalue weighted by Crippen LogP contribution is -2.43. The summed E-state index contributed by atoms with van der Waals surface area (Å²) in [5.41, 5.74) is 0. The van der Waals surface area contributed by atoms with Crippen molar-refractivity contribution >= 4 is 0 Å². The molecule has 0 aromatic carbocycles. The fourth-order valence-corrected chi connectivity index (χ4v) is 2.69. The molecule has 1 aliphatic heterocycles. The number of likely N-dealkylation sites (tertiary alicyclic amines) is 1. The molecule has 3 heteroatoms. The maximum atomic E-state index is 9.70. The number of nitrogens with zero attached hydrogens (tertiary/aromatic N) is 1. The first-order valence-corrected chi connectivity index (χ1v) is 5.96. The third kappa shape index (κ3) is 2.27. The Bertz CT molecular complexity index is 186. The lowest BCUT2D eigenvalue weighted by Gasteiger charge is -2.21. The zero-order valence-corrected chi connectivity index (χ0v) is 9.08. The van der Waals surface area contributed by atoms with Crippen molar-refractivity contribution in [2.45, 2.75) is 50.8 Å². The standard InChI is InChI=1S/C11H22N2O/c1-2-13-7-6-9(8-13)12-10-4-3-5-11(10)14/h9-12,14H,2-8H2,1H3. The largest absolute Gasteiger partial charge is 0.392 e. The van der Waals surface area contributed by atoms with Gasteiger partial charge in [-0.15, -0.1) is 0 Å². The third-order valence-electron chi connectivity index (χ3n) is 3.65. The van der Waals surface area contributed by atoms with Crippen LogP contribution >= 0.6 is 0 Å². The molecule has 1 saturated heterocycles. The van der Waals surface area contributed by atoms with E-state index in [1.165, 1.54) is 25.9 Å². The van der Waals surface area contributed by atoms with Gasteiger partial charge in [-0.2, -0.15) is 0 Å². The molecule has 0 amide bonds. The SMILES string of the molecule is CCN1CCC(NC2CCCC2O)C1. The number of aliphatic hydroxyl groups excluding tert-OH is 1. The molecular weight excluding hydrogens is 176 g/mol. The Morgan fingerprint density at radius 3 is 2.79 bits per heavy atom. The van der Waals surface area contributed by atoms with Crippen LogP contribution in [0.1, 0.15) is 32.6 Å². The van der Waals surface area contributed by atoms with Gasteiger partial charge in [0.2, 0.25) is 0 Å². The predicted molar refractivity (Wildman–Crippen MR) is 57.3 cm³/mol. The first kappa shape index (κ1) is 10.4. The van der Waals surface area contributed by atoms with E-state index >= 15 is 0 Å². The zero-order valence-electron chi connectivity index (χ0n) is 9.08. The summed E-state index contributed by atoms with van der Waals surface area (Å²) < 4.78 is 0. The molecule has 1 heterocycles. The van der Waals surface area contributed by atoms with E-state index in [0.717, 1.165) is 19.4 Å².